The van der Waals surface area contributed by atoms with Gasteiger partial charge in [0.2, 0.25) is 0 Å². The zero-order valence-corrected chi connectivity index (χ0v) is 15.5. The molecule has 0 unspecified atom stereocenters. The fourth-order valence-corrected chi connectivity index (χ4v) is 2.43. The number of nitrogens with zero attached hydrogens (tertiary/aromatic N) is 3. The lowest BCUT2D eigenvalue weighted by molar-refractivity contribution is -0.123. The molecule has 0 aliphatic carbocycles. The molecule has 2 aromatic heterocycles. The Hall–Kier alpha value is -4.01. The van der Waals surface area contributed by atoms with Crippen LogP contribution in [0.3, 0.4) is 0 Å². The number of hydrogen-bond donors (Lipinski definition) is 3. The van der Waals surface area contributed by atoms with Crippen molar-refractivity contribution in [1.82, 2.24) is 25.7 Å². The number of H-pyrrole nitrogens is 1. The second-order valence-electron chi connectivity index (χ2n) is 6.06. The number of carbonyl (C=O) groups excluding carboxylic acids is 2. The molecule has 148 valence electrons. The van der Waals surface area contributed by atoms with E-state index in [0.717, 1.165) is 11.1 Å². The molecule has 0 aliphatic heterocycles. The van der Waals surface area contributed by atoms with E-state index < -0.39 is 18.0 Å². The van der Waals surface area contributed by atoms with Gasteiger partial charge < -0.3 is 15.0 Å². The lowest BCUT2D eigenvalue weighted by Crippen LogP contribution is -2.47. The van der Waals surface area contributed by atoms with Gasteiger partial charge in [-0.3, -0.25) is 9.78 Å². The van der Waals surface area contributed by atoms with Crippen molar-refractivity contribution in [3.05, 3.63) is 84.2 Å². The minimum absolute atomic E-state index is 0.101. The lowest BCUT2D eigenvalue weighted by Gasteiger charge is -2.16. The van der Waals surface area contributed by atoms with Crippen molar-refractivity contribution >= 4 is 18.2 Å². The second kappa shape index (κ2) is 10.4. The van der Waals surface area contributed by atoms with Crippen LogP contribution in [0.1, 0.15) is 16.8 Å². The first-order valence-corrected chi connectivity index (χ1v) is 8.88. The minimum Gasteiger partial charge on any atom is -0.445 e. The highest BCUT2D eigenvalue weighted by Gasteiger charge is 2.22. The smallest absolute Gasteiger partial charge is 0.408 e. The third-order valence-electron chi connectivity index (χ3n) is 3.87. The summed E-state index contributed by atoms with van der Waals surface area (Å²) < 4.78 is 5.20. The molecule has 3 aromatic rings. The van der Waals surface area contributed by atoms with E-state index in [4.69, 9.17) is 4.74 Å². The van der Waals surface area contributed by atoms with Gasteiger partial charge in [0.15, 0.2) is 0 Å². The summed E-state index contributed by atoms with van der Waals surface area (Å²) >= 11 is 0. The molecule has 0 saturated carbocycles. The molecule has 2 heterocycles. The van der Waals surface area contributed by atoms with E-state index in [1.54, 1.807) is 30.7 Å². The monoisotopic (exact) mass is 392 g/mol. The average molecular weight is 392 g/mol. The Balaban J connectivity index is 1.58. The van der Waals surface area contributed by atoms with Gasteiger partial charge in [-0.2, -0.15) is 5.10 Å². The van der Waals surface area contributed by atoms with E-state index in [1.165, 1.54) is 12.5 Å². The Morgan fingerprint density at radius 1 is 1.14 bits per heavy atom. The van der Waals surface area contributed by atoms with Crippen molar-refractivity contribution in [1.29, 1.82) is 0 Å². The molecule has 9 nitrogen and oxygen atoms in total. The van der Waals surface area contributed by atoms with Gasteiger partial charge in [0.25, 0.3) is 5.91 Å². The van der Waals surface area contributed by atoms with Gasteiger partial charge in [-0.25, -0.2) is 15.2 Å². The molecule has 0 bridgehead atoms. The van der Waals surface area contributed by atoms with E-state index >= 15 is 0 Å². The molecule has 1 atom stereocenters. The van der Waals surface area contributed by atoms with Crippen LogP contribution in [0.2, 0.25) is 0 Å². The molecule has 0 aliphatic rings. The van der Waals surface area contributed by atoms with Crippen molar-refractivity contribution in [2.75, 3.05) is 0 Å². The Kier molecular flexibility index (Phi) is 7.05. The summed E-state index contributed by atoms with van der Waals surface area (Å²) in [6.07, 6.45) is 7.29. The van der Waals surface area contributed by atoms with Crippen LogP contribution in [0.25, 0.3) is 0 Å². The highest BCUT2D eigenvalue weighted by atomic mass is 16.5. The normalized spacial score (nSPS) is 11.7. The molecule has 2 amide bonds. The number of alkyl carbamates (subject to hydrolysis) is 1. The fraction of sp³-hybridized carbons (Fsp3) is 0.150. The van der Waals surface area contributed by atoms with Gasteiger partial charge in [-0.1, -0.05) is 36.4 Å². The standard InChI is InChI=1S/C20H20N6O3/c27-19(26-24-11-16-7-4-8-21-10-16)18(9-17-12-22-14-23-17)25-20(28)29-13-15-5-2-1-3-6-15/h1-8,10-12,14,18H,9,13H2,(H,22,23)(H,25,28)(H,26,27)/b24-11-/t18-/m1/s1. The molecule has 0 fully saturated rings. The molecule has 0 radical (unpaired) electrons. The summed E-state index contributed by atoms with van der Waals surface area (Å²) in [5, 5.41) is 6.48. The van der Waals surface area contributed by atoms with Crippen LogP contribution in [0.5, 0.6) is 0 Å². The molecule has 3 N–H and O–H groups in total. The molecule has 3 rings (SSSR count). The van der Waals surface area contributed by atoms with Crippen molar-refractivity contribution in [3.63, 3.8) is 0 Å². The molecule has 9 heteroatoms. The lowest BCUT2D eigenvalue weighted by atomic mass is 10.1. The predicted octanol–water partition coefficient (Wildman–Crippen LogP) is 1.79. The maximum Gasteiger partial charge on any atom is 0.408 e. The number of hydrogen-bond acceptors (Lipinski definition) is 6. The van der Waals surface area contributed by atoms with Crippen LogP contribution in [-0.2, 0) is 22.6 Å². The van der Waals surface area contributed by atoms with Crippen molar-refractivity contribution in [2.24, 2.45) is 5.10 Å². The van der Waals surface area contributed by atoms with Crippen LogP contribution in [0.15, 0.2) is 72.5 Å². The summed E-state index contributed by atoms with van der Waals surface area (Å²) in [5.74, 6) is -0.489. The van der Waals surface area contributed by atoms with E-state index in [-0.39, 0.29) is 13.0 Å². The number of carbonyl (C=O) groups is 2. The predicted molar refractivity (Wildman–Crippen MR) is 106 cm³/mol. The number of hydrazone groups is 1. The Labute approximate surface area is 167 Å². The zero-order valence-electron chi connectivity index (χ0n) is 15.5. The maximum absolute atomic E-state index is 12.5. The van der Waals surface area contributed by atoms with E-state index in [0.29, 0.717) is 5.69 Å². The summed E-state index contributed by atoms with van der Waals surface area (Å²) in [6.45, 7) is 0.101. The highest BCUT2D eigenvalue weighted by Crippen LogP contribution is 2.03. The van der Waals surface area contributed by atoms with Gasteiger partial charge in [0.05, 0.1) is 12.5 Å². The largest absolute Gasteiger partial charge is 0.445 e. The first-order valence-electron chi connectivity index (χ1n) is 8.88. The first kappa shape index (κ1) is 19.7. The number of ether oxygens (including phenoxy) is 1. The van der Waals surface area contributed by atoms with E-state index in [1.807, 2.05) is 30.3 Å². The second-order valence-corrected chi connectivity index (χ2v) is 6.06. The van der Waals surface area contributed by atoms with Gasteiger partial charge >= 0.3 is 6.09 Å². The minimum atomic E-state index is -0.898. The van der Waals surface area contributed by atoms with Gasteiger partial charge in [-0.15, -0.1) is 0 Å². The molecule has 1 aromatic carbocycles. The van der Waals surface area contributed by atoms with Gasteiger partial charge in [0.1, 0.15) is 12.6 Å². The zero-order chi connectivity index (χ0) is 20.3. The van der Waals surface area contributed by atoms with Gasteiger partial charge in [-0.05, 0) is 11.6 Å². The quantitative estimate of drug-likeness (QED) is 0.399. The summed E-state index contributed by atoms with van der Waals surface area (Å²) in [4.78, 5) is 35.5. The topological polar surface area (TPSA) is 121 Å². The van der Waals surface area contributed by atoms with Crippen LogP contribution in [0.4, 0.5) is 4.79 Å². The maximum atomic E-state index is 12.5. The number of rotatable bonds is 8. The van der Waals surface area contributed by atoms with E-state index in [2.05, 4.69) is 30.8 Å². The molecule has 0 saturated heterocycles. The number of benzene rings is 1. The first-order chi connectivity index (χ1) is 14.2. The number of aromatic nitrogens is 3. The number of pyridine rings is 1. The van der Waals surface area contributed by atoms with Gasteiger partial charge in [0, 0.05) is 36.3 Å². The van der Waals surface area contributed by atoms with Crippen LogP contribution < -0.4 is 10.7 Å². The number of nitrogens with one attached hydrogen (secondary N) is 3. The van der Waals surface area contributed by atoms with Crippen molar-refractivity contribution in [3.8, 4) is 0 Å². The summed E-state index contributed by atoms with van der Waals surface area (Å²) in [6, 6.07) is 11.9. The number of aromatic amines is 1. The Morgan fingerprint density at radius 3 is 2.72 bits per heavy atom. The molecular formula is C20H20N6O3. The Morgan fingerprint density at radius 2 is 2.00 bits per heavy atom. The number of imidazole rings is 1. The SMILES string of the molecule is O=C(N[C@H](Cc1cnc[nH]1)C(=O)N/N=C\c1cccnc1)OCc1ccccc1. The highest BCUT2D eigenvalue weighted by molar-refractivity contribution is 5.87. The van der Waals surface area contributed by atoms with Crippen molar-refractivity contribution < 1.29 is 14.3 Å². The van der Waals surface area contributed by atoms with Crippen LogP contribution >= 0.6 is 0 Å². The van der Waals surface area contributed by atoms with Crippen LogP contribution in [0, 0.1) is 0 Å². The van der Waals surface area contributed by atoms with E-state index in [9.17, 15) is 9.59 Å². The fourth-order valence-electron chi connectivity index (χ4n) is 2.43. The van der Waals surface area contributed by atoms with Crippen molar-refractivity contribution in [2.45, 2.75) is 19.1 Å². The molecular weight excluding hydrogens is 372 g/mol. The summed E-state index contributed by atoms with van der Waals surface area (Å²) in [7, 11) is 0. The average Bonchev–Trinajstić information content (AvgIpc) is 3.26. The third-order valence-corrected chi connectivity index (χ3v) is 3.87. The molecule has 29 heavy (non-hydrogen) atoms. The molecule has 0 spiro atoms. The summed E-state index contributed by atoms with van der Waals surface area (Å²) in [5.41, 5.74) is 4.68. The third kappa shape index (κ3) is 6.58. The van der Waals surface area contributed by atoms with Crippen LogP contribution in [-0.4, -0.2) is 39.2 Å². The Bertz CT molecular complexity index is 929. The number of amides is 2.